The van der Waals surface area contributed by atoms with E-state index in [1.54, 1.807) is 12.4 Å². The molecule has 0 spiro atoms. The summed E-state index contributed by atoms with van der Waals surface area (Å²) in [5, 5.41) is 3.30. The van der Waals surface area contributed by atoms with E-state index >= 15 is 0 Å². The maximum Gasteiger partial charge on any atom is 0.222 e. The molecule has 1 aromatic heterocycles. The largest absolute Gasteiger partial charge is 0.354 e. The van der Waals surface area contributed by atoms with Crippen molar-refractivity contribution in [2.24, 2.45) is 17.8 Å². The Morgan fingerprint density at radius 3 is 2.79 bits per heavy atom. The number of anilines is 1. The van der Waals surface area contributed by atoms with Crippen molar-refractivity contribution in [1.29, 1.82) is 0 Å². The van der Waals surface area contributed by atoms with Crippen LogP contribution in [0.4, 0.5) is 5.95 Å². The van der Waals surface area contributed by atoms with Gasteiger partial charge in [-0.05, 0) is 43.1 Å². The van der Waals surface area contributed by atoms with Crippen LogP contribution in [0, 0.1) is 17.8 Å². The lowest BCUT2D eigenvalue weighted by molar-refractivity contribution is 0.642. The Bertz CT molecular complexity index is 308. The van der Waals surface area contributed by atoms with Gasteiger partial charge in [0.15, 0.2) is 0 Å². The average Bonchev–Trinajstić information content (AvgIpc) is 3.09. The van der Waals surface area contributed by atoms with Gasteiger partial charge < -0.3 is 5.32 Å². The second-order valence-corrected chi connectivity index (χ2v) is 4.45. The molecule has 0 aromatic carbocycles. The summed E-state index contributed by atoms with van der Waals surface area (Å²) in [6, 6.07) is 1.84. The summed E-state index contributed by atoms with van der Waals surface area (Å²) >= 11 is 0. The highest BCUT2D eigenvalue weighted by Crippen LogP contribution is 2.54. The molecule has 2 unspecified atom stereocenters. The SMILES string of the molecule is c1cnc(NCC2CC2C2CC2)nc1. The molecule has 1 heterocycles. The van der Waals surface area contributed by atoms with Crippen LogP contribution in [0.1, 0.15) is 19.3 Å². The third-order valence-electron chi connectivity index (χ3n) is 3.29. The monoisotopic (exact) mass is 189 g/mol. The molecule has 0 amide bonds. The number of aromatic nitrogens is 2. The topological polar surface area (TPSA) is 37.8 Å². The fourth-order valence-corrected chi connectivity index (χ4v) is 2.22. The zero-order valence-electron chi connectivity index (χ0n) is 8.19. The molecule has 14 heavy (non-hydrogen) atoms. The van der Waals surface area contributed by atoms with Crippen LogP contribution in [0.5, 0.6) is 0 Å². The summed E-state index contributed by atoms with van der Waals surface area (Å²) in [4.78, 5) is 8.28. The van der Waals surface area contributed by atoms with E-state index in [1.807, 2.05) is 6.07 Å². The molecule has 2 atom stereocenters. The molecule has 3 nitrogen and oxygen atoms in total. The molecule has 74 valence electrons. The van der Waals surface area contributed by atoms with Crippen molar-refractivity contribution in [2.75, 3.05) is 11.9 Å². The van der Waals surface area contributed by atoms with Gasteiger partial charge in [-0.15, -0.1) is 0 Å². The van der Waals surface area contributed by atoms with Gasteiger partial charge in [0.2, 0.25) is 5.95 Å². The summed E-state index contributed by atoms with van der Waals surface area (Å²) < 4.78 is 0. The first-order chi connectivity index (χ1) is 6.93. The van der Waals surface area contributed by atoms with Gasteiger partial charge in [0.1, 0.15) is 0 Å². The van der Waals surface area contributed by atoms with Gasteiger partial charge >= 0.3 is 0 Å². The summed E-state index contributed by atoms with van der Waals surface area (Å²) in [6.45, 7) is 1.06. The zero-order valence-corrected chi connectivity index (χ0v) is 8.19. The van der Waals surface area contributed by atoms with Gasteiger partial charge in [-0.3, -0.25) is 0 Å². The molecule has 3 heteroatoms. The van der Waals surface area contributed by atoms with Crippen molar-refractivity contribution in [2.45, 2.75) is 19.3 Å². The number of hydrogen-bond acceptors (Lipinski definition) is 3. The first kappa shape index (κ1) is 8.21. The van der Waals surface area contributed by atoms with E-state index in [0.717, 1.165) is 30.2 Å². The Labute approximate surface area is 84.0 Å². The van der Waals surface area contributed by atoms with E-state index in [2.05, 4.69) is 15.3 Å². The predicted octanol–water partition coefficient (Wildman–Crippen LogP) is 1.93. The fourth-order valence-electron chi connectivity index (χ4n) is 2.22. The van der Waals surface area contributed by atoms with Crippen LogP contribution in [-0.2, 0) is 0 Å². The van der Waals surface area contributed by atoms with Crippen molar-refractivity contribution < 1.29 is 0 Å². The summed E-state index contributed by atoms with van der Waals surface area (Å²) in [7, 11) is 0. The number of hydrogen-bond donors (Lipinski definition) is 1. The van der Waals surface area contributed by atoms with Crippen LogP contribution >= 0.6 is 0 Å². The minimum atomic E-state index is 0.772. The third-order valence-corrected chi connectivity index (χ3v) is 3.29. The minimum absolute atomic E-state index is 0.772. The Kier molecular flexibility index (Phi) is 1.89. The summed E-state index contributed by atoms with van der Waals surface area (Å²) in [6.07, 6.45) is 7.93. The Morgan fingerprint density at radius 1 is 1.29 bits per heavy atom. The first-order valence-corrected chi connectivity index (χ1v) is 5.44. The molecule has 2 fully saturated rings. The fraction of sp³-hybridized carbons (Fsp3) is 0.636. The molecule has 0 saturated heterocycles. The maximum atomic E-state index is 4.14. The minimum Gasteiger partial charge on any atom is -0.354 e. The summed E-state index contributed by atoms with van der Waals surface area (Å²) in [5.74, 6) is 3.75. The van der Waals surface area contributed by atoms with Crippen LogP contribution in [0.25, 0.3) is 0 Å². The van der Waals surface area contributed by atoms with Crippen LogP contribution in [-0.4, -0.2) is 16.5 Å². The molecular weight excluding hydrogens is 174 g/mol. The quantitative estimate of drug-likeness (QED) is 0.786. The van der Waals surface area contributed by atoms with Crippen LogP contribution in [0.3, 0.4) is 0 Å². The van der Waals surface area contributed by atoms with Crippen molar-refractivity contribution in [3.05, 3.63) is 18.5 Å². The van der Waals surface area contributed by atoms with E-state index in [-0.39, 0.29) is 0 Å². The van der Waals surface area contributed by atoms with Gasteiger partial charge in [-0.25, -0.2) is 9.97 Å². The molecule has 2 saturated carbocycles. The average molecular weight is 189 g/mol. The molecule has 3 rings (SSSR count). The molecule has 2 aliphatic rings. The van der Waals surface area contributed by atoms with Gasteiger partial charge in [-0.1, -0.05) is 0 Å². The number of nitrogens with one attached hydrogen (secondary N) is 1. The van der Waals surface area contributed by atoms with E-state index < -0.39 is 0 Å². The molecule has 0 bridgehead atoms. The molecule has 0 radical (unpaired) electrons. The molecule has 2 aliphatic carbocycles. The second-order valence-electron chi connectivity index (χ2n) is 4.45. The highest BCUT2D eigenvalue weighted by Gasteiger charge is 2.46. The van der Waals surface area contributed by atoms with Gasteiger partial charge in [0, 0.05) is 18.9 Å². The Balaban J connectivity index is 1.47. The van der Waals surface area contributed by atoms with E-state index in [9.17, 15) is 0 Å². The summed E-state index contributed by atoms with van der Waals surface area (Å²) in [5.41, 5.74) is 0. The zero-order chi connectivity index (χ0) is 9.38. The lowest BCUT2D eigenvalue weighted by atomic mass is 10.2. The normalized spacial score (nSPS) is 30.0. The number of nitrogens with zero attached hydrogens (tertiary/aromatic N) is 2. The highest BCUT2D eigenvalue weighted by molar-refractivity contribution is 5.23. The first-order valence-electron chi connectivity index (χ1n) is 5.44. The van der Waals surface area contributed by atoms with E-state index in [0.29, 0.717) is 0 Å². The van der Waals surface area contributed by atoms with Crippen LogP contribution < -0.4 is 5.32 Å². The predicted molar refractivity (Wildman–Crippen MR) is 54.8 cm³/mol. The smallest absolute Gasteiger partial charge is 0.222 e. The van der Waals surface area contributed by atoms with Gasteiger partial charge in [0.05, 0.1) is 0 Å². The second kappa shape index (κ2) is 3.23. The Morgan fingerprint density at radius 2 is 2.07 bits per heavy atom. The highest BCUT2D eigenvalue weighted by atomic mass is 15.1. The third kappa shape index (κ3) is 1.72. The van der Waals surface area contributed by atoms with E-state index in [1.165, 1.54) is 19.3 Å². The van der Waals surface area contributed by atoms with Crippen molar-refractivity contribution in [3.8, 4) is 0 Å². The standard InChI is InChI=1S/C11H15N3/c1-4-12-11(13-5-1)14-7-9-6-10(9)8-2-3-8/h1,4-5,8-10H,2-3,6-7H2,(H,12,13,14). The Hall–Kier alpha value is -1.12. The van der Waals surface area contributed by atoms with Crippen molar-refractivity contribution in [3.63, 3.8) is 0 Å². The molecular formula is C11H15N3. The van der Waals surface area contributed by atoms with Crippen LogP contribution in [0.2, 0.25) is 0 Å². The number of rotatable bonds is 4. The molecule has 0 aliphatic heterocycles. The molecule has 1 N–H and O–H groups in total. The van der Waals surface area contributed by atoms with E-state index in [4.69, 9.17) is 0 Å². The maximum absolute atomic E-state index is 4.14. The van der Waals surface area contributed by atoms with Gasteiger partial charge in [-0.2, -0.15) is 0 Å². The van der Waals surface area contributed by atoms with Crippen molar-refractivity contribution in [1.82, 2.24) is 9.97 Å². The van der Waals surface area contributed by atoms with Crippen LogP contribution in [0.15, 0.2) is 18.5 Å². The lowest BCUT2D eigenvalue weighted by Gasteiger charge is -2.02. The van der Waals surface area contributed by atoms with Crippen molar-refractivity contribution >= 4 is 5.95 Å². The lowest BCUT2D eigenvalue weighted by Crippen LogP contribution is -2.07. The van der Waals surface area contributed by atoms with Gasteiger partial charge in [0.25, 0.3) is 0 Å². The molecule has 1 aromatic rings.